The van der Waals surface area contributed by atoms with Gasteiger partial charge >= 0.3 is 0 Å². The highest BCUT2D eigenvalue weighted by Crippen LogP contribution is 2.33. The molecule has 1 aromatic carbocycles. The molecule has 4 heteroatoms. The highest BCUT2D eigenvalue weighted by Gasteiger charge is 2.19. The number of hydrazine groups is 1. The second-order valence-corrected chi connectivity index (χ2v) is 5.71. The van der Waals surface area contributed by atoms with E-state index >= 15 is 0 Å². The molecule has 0 spiro atoms. The number of rotatable bonds is 5. The molecule has 3 N–H and O–H groups in total. The standard InChI is InChI=1S/C17H22N4/c18-21-17-12-15(14-8-4-5-9-14)19-16(20-17)11-10-13-6-2-1-3-7-13/h1-3,6-7,12,14H,4-5,8-11,18H2,(H,19,20,21). The molecule has 0 saturated heterocycles. The predicted octanol–water partition coefficient (Wildman–Crippen LogP) is 3.21. The van der Waals surface area contributed by atoms with Gasteiger partial charge in [-0.15, -0.1) is 0 Å². The third-order valence-electron chi connectivity index (χ3n) is 4.19. The van der Waals surface area contributed by atoms with Crippen LogP contribution in [0.4, 0.5) is 5.82 Å². The first kappa shape index (κ1) is 14.0. The SMILES string of the molecule is NNc1cc(C2CCCC2)nc(CCc2ccccc2)n1. The summed E-state index contributed by atoms with van der Waals surface area (Å²) < 4.78 is 0. The summed E-state index contributed by atoms with van der Waals surface area (Å²) in [7, 11) is 0. The van der Waals surface area contributed by atoms with E-state index in [2.05, 4.69) is 34.7 Å². The number of nitrogens with zero attached hydrogens (tertiary/aromatic N) is 2. The molecule has 0 aliphatic heterocycles. The molecule has 3 rings (SSSR count). The molecule has 0 unspecified atom stereocenters. The summed E-state index contributed by atoms with van der Waals surface area (Å²) in [4.78, 5) is 9.26. The van der Waals surface area contributed by atoms with Gasteiger partial charge in [0.1, 0.15) is 11.6 Å². The van der Waals surface area contributed by atoms with Crippen molar-refractivity contribution < 1.29 is 0 Å². The number of aryl methyl sites for hydroxylation is 2. The topological polar surface area (TPSA) is 63.8 Å². The number of aromatic nitrogens is 2. The summed E-state index contributed by atoms with van der Waals surface area (Å²) in [6, 6.07) is 12.5. The zero-order valence-corrected chi connectivity index (χ0v) is 12.3. The van der Waals surface area contributed by atoms with Crippen LogP contribution in [0.5, 0.6) is 0 Å². The Balaban J connectivity index is 1.75. The molecule has 2 aromatic rings. The molecule has 1 fully saturated rings. The van der Waals surface area contributed by atoms with E-state index in [9.17, 15) is 0 Å². The molecule has 0 atom stereocenters. The maximum Gasteiger partial charge on any atom is 0.143 e. The van der Waals surface area contributed by atoms with Gasteiger partial charge in [-0.3, -0.25) is 0 Å². The average Bonchev–Trinajstić information content (AvgIpc) is 3.08. The summed E-state index contributed by atoms with van der Waals surface area (Å²) in [6.07, 6.45) is 6.88. The number of nitrogens with two attached hydrogens (primary N) is 1. The van der Waals surface area contributed by atoms with Crippen LogP contribution in [0.2, 0.25) is 0 Å². The van der Waals surface area contributed by atoms with Gasteiger partial charge in [0.05, 0.1) is 0 Å². The fourth-order valence-corrected chi connectivity index (χ4v) is 3.03. The normalized spacial score (nSPS) is 15.3. The third-order valence-corrected chi connectivity index (χ3v) is 4.19. The monoisotopic (exact) mass is 282 g/mol. The second-order valence-electron chi connectivity index (χ2n) is 5.71. The van der Waals surface area contributed by atoms with Gasteiger partial charge in [0.25, 0.3) is 0 Å². The Morgan fingerprint density at radius 1 is 1.05 bits per heavy atom. The first-order valence-electron chi connectivity index (χ1n) is 7.73. The Kier molecular flexibility index (Phi) is 4.46. The third kappa shape index (κ3) is 3.58. The van der Waals surface area contributed by atoms with Crippen LogP contribution in [0.1, 0.15) is 48.7 Å². The molecule has 1 aromatic heterocycles. The van der Waals surface area contributed by atoms with Crippen LogP contribution in [0.25, 0.3) is 0 Å². The quantitative estimate of drug-likeness (QED) is 0.653. The van der Waals surface area contributed by atoms with Crippen molar-refractivity contribution in [3.63, 3.8) is 0 Å². The Morgan fingerprint density at radius 3 is 2.52 bits per heavy atom. The number of benzene rings is 1. The van der Waals surface area contributed by atoms with Crippen LogP contribution in [0.3, 0.4) is 0 Å². The molecule has 4 nitrogen and oxygen atoms in total. The molecule has 1 aliphatic carbocycles. The van der Waals surface area contributed by atoms with E-state index in [0.29, 0.717) is 5.92 Å². The molecular weight excluding hydrogens is 260 g/mol. The zero-order valence-electron chi connectivity index (χ0n) is 12.3. The van der Waals surface area contributed by atoms with Crippen molar-refractivity contribution in [1.29, 1.82) is 0 Å². The lowest BCUT2D eigenvalue weighted by Gasteiger charge is -2.12. The van der Waals surface area contributed by atoms with Crippen molar-refractivity contribution in [2.45, 2.75) is 44.4 Å². The molecule has 0 amide bonds. The first-order chi connectivity index (χ1) is 10.3. The molecule has 0 radical (unpaired) electrons. The van der Waals surface area contributed by atoms with E-state index in [1.165, 1.54) is 31.2 Å². The Bertz CT molecular complexity index is 577. The molecule has 1 heterocycles. The van der Waals surface area contributed by atoms with Crippen LogP contribution >= 0.6 is 0 Å². The molecule has 0 bridgehead atoms. The number of hydrogen-bond acceptors (Lipinski definition) is 4. The summed E-state index contributed by atoms with van der Waals surface area (Å²) in [5, 5.41) is 0. The predicted molar refractivity (Wildman–Crippen MR) is 84.9 cm³/mol. The van der Waals surface area contributed by atoms with Gasteiger partial charge < -0.3 is 5.43 Å². The van der Waals surface area contributed by atoms with Crippen molar-refractivity contribution in [3.05, 3.63) is 53.5 Å². The van der Waals surface area contributed by atoms with Gasteiger partial charge in [-0.2, -0.15) is 0 Å². The van der Waals surface area contributed by atoms with E-state index in [0.717, 1.165) is 30.2 Å². The van der Waals surface area contributed by atoms with Gasteiger partial charge in [-0.1, -0.05) is 43.2 Å². The van der Waals surface area contributed by atoms with Crippen LogP contribution < -0.4 is 11.3 Å². The highest BCUT2D eigenvalue weighted by molar-refractivity contribution is 5.36. The van der Waals surface area contributed by atoms with Gasteiger partial charge in [-0.05, 0) is 24.8 Å². The minimum absolute atomic E-state index is 0.579. The lowest BCUT2D eigenvalue weighted by Crippen LogP contribution is -2.13. The summed E-state index contributed by atoms with van der Waals surface area (Å²) in [6.45, 7) is 0. The first-order valence-corrected chi connectivity index (χ1v) is 7.73. The van der Waals surface area contributed by atoms with Crippen molar-refractivity contribution in [1.82, 2.24) is 9.97 Å². The molecule has 21 heavy (non-hydrogen) atoms. The average molecular weight is 282 g/mol. The number of nitrogen functional groups attached to an aromatic ring is 1. The Morgan fingerprint density at radius 2 is 1.81 bits per heavy atom. The van der Waals surface area contributed by atoms with Crippen molar-refractivity contribution in [2.24, 2.45) is 5.84 Å². The highest BCUT2D eigenvalue weighted by atomic mass is 15.3. The number of hydrogen-bond donors (Lipinski definition) is 2. The smallest absolute Gasteiger partial charge is 0.143 e. The van der Waals surface area contributed by atoms with Crippen molar-refractivity contribution in [2.75, 3.05) is 5.43 Å². The summed E-state index contributed by atoms with van der Waals surface area (Å²) in [5.41, 5.74) is 5.14. The molecule has 110 valence electrons. The minimum atomic E-state index is 0.579. The molecule has 1 aliphatic rings. The van der Waals surface area contributed by atoms with Gasteiger partial charge in [-0.25, -0.2) is 15.8 Å². The zero-order chi connectivity index (χ0) is 14.5. The second kappa shape index (κ2) is 6.68. The molecule has 1 saturated carbocycles. The lowest BCUT2D eigenvalue weighted by atomic mass is 10.0. The maximum absolute atomic E-state index is 5.55. The lowest BCUT2D eigenvalue weighted by molar-refractivity contribution is 0.681. The summed E-state index contributed by atoms with van der Waals surface area (Å²) >= 11 is 0. The van der Waals surface area contributed by atoms with E-state index in [-0.39, 0.29) is 0 Å². The summed E-state index contributed by atoms with van der Waals surface area (Å²) in [5.74, 6) is 7.75. The fourth-order valence-electron chi connectivity index (χ4n) is 3.03. The van der Waals surface area contributed by atoms with E-state index in [1.54, 1.807) is 0 Å². The van der Waals surface area contributed by atoms with Crippen LogP contribution in [0, 0.1) is 0 Å². The van der Waals surface area contributed by atoms with Gasteiger partial charge in [0.15, 0.2) is 0 Å². The van der Waals surface area contributed by atoms with E-state index in [4.69, 9.17) is 10.8 Å². The maximum atomic E-state index is 5.55. The Hall–Kier alpha value is -1.94. The number of nitrogens with one attached hydrogen (secondary N) is 1. The van der Waals surface area contributed by atoms with Crippen molar-refractivity contribution >= 4 is 5.82 Å². The van der Waals surface area contributed by atoms with E-state index in [1.807, 2.05) is 12.1 Å². The van der Waals surface area contributed by atoms with Crippen molar-refractivity contribution in [3.8, 4) is 0 Å². The van der Waals surface area contributed by atoms with Crippen LogP contribution in [-0.4, -0.2) is 9.97 Å². The van der Waals surface area contributed by atoms with E-state index < -0.39 is 0 Å². The minimum Gasteiger partial charge on any atom is -0.308 e. The molecular formula is C17H22N4. The largest absolute Gasteiger partial charge is 0.308 e. The Labute approximate surface area is 125 Å². The van der Waals surface area contributed by atoms with Gasteiger partial charge in [0, 0.05) is 24.1 Å². The van der Waals surface area contributed by atoms with Crippen LogP contribution in [-0.2, 0) is 12.8 Å². The number of anilines is 1. The van der Waals surface area contributed by atoms with Gasteiger partial charge in [0.2, 0.25) is 0 Å². The van der Waals surface area contributed by atoms with Crippen LogP contribution in [0.15, 0.2) is 36.4 Å². The fraction of sp³-hybridized carbons (Fsp3) is 0.412.